The monoisotopic (exact) mass is 222 g/mol. The first-order valence-electron chi connectivity index (χ1n) is 4.62. The van der Waals surface area contributed by atoms with Crippen LogP contribution in [-0.4, -0.2) is 39.3 Å². The molecule has 2 heterocycles. The zero-order valence-corrected chi connectivity index (χ0v) is 8.78. The van der Waals surface area contributed by atoms with Crippen LogP contribution in [-0.2, 0) is 4.79 Å². The van der Waals surface area contributed by atoms with Crippen molar-refractivity contribution in [3.63, 3.8) is 0 Å². The highest BCUT2D eigenvalue weighted by Crippen LogP contribution is 2.14. The van der Waals surface area contributed by atoms with Gasteiger partial charge < -0.3 is 14.5 Å². The van der Waals surface area contributed by atoms with Crippen molar-refractivity contribution >= 4 is 23.0 Å². The number of anilines is 1. The van der Waals surface area contributed by atoms with Crippen LogP contribution >= 0.6 is 0 Å². The van der Waals surface area contributed by atoms with Crippen molar-refractivity contribution in [1.82, 2.24) is 15.1 Å². The van der Waals surface area contributed by atoms with E-state index in [4.69, 9.17) is 9.63 Å². The minimum atomic E-state index is -0.941. The zero-order valence-electron chi connectivity index (χ0n) is 8.78. The molecule has 0 saturated heterocycles. The molecule has 2 aromatic rings. The molecule has 0 fully saturated rings. The first-order chi connectivity index (χ1) is 7.59. The lowest BCUT2D eigenvalue weighted by Crippen LogP contribution is -2.36. The SMILES string of the molecule is CC(C(=O)O)N(C)c1ncc2cnoc2n1. The standard InChI is InChI=1S/C9H10N4O3/c1-5(8(14)15)13(2)9-10-3-6-4-11-16-7(6)12-9/h3-5H,1-2H3,(H,14,15). The zero-order chi connectivity index (χ0) is 11.7. The van der Waals surface area contributed by atoms with Crippen molar-refractivity contribution < 1.29 is 14.4 Å². The molecule has 2 aromatic heterocycles. The third-order valence-corrected chi connectivity index (χ3v) is 2.35. The van der Waals surface area contributed by atoms with E-state index < -0.39 is 12.0 Å². The second-order valence-corrected chi connectivity index (χ2v) is 3.38. The molecule has 0 aromatic carbocycles. The molecule has 0 radical (unpaired) electrons. The van der Waals surface area contributed by atoms with Crippen LogP contribution in [0.3, 0.4) is 0 Å². The molecule has 0 aliphatic heterocycles. The molecule has 0 spiro atoms. The van der Waals surface area contributed by atoms with E-state index in [1.807, 2.05) is 0 Å². The Labute approximate surface area is 90.7 Å². The van der Waals surface area contributed by atoms with E-state index in [0.29, 0.717) is 17.0 Å². The van der Waals surface area contributed by atoms with Gasteiger partial charge in [-0.15, -0.1) is 0 Å². The van der Waals surface area contributed by atoms with Gasteiger partial charge in [0.15, 0.2) is 0 Å². The Balaban J connectivity index is 2.35. The van der Waals surface area contributed by atoms with Gasteiger partial charge in [0.25, 0.3) is 5.71 Å². The Morgan fingerprint density at radius 3 is 3.00 bits per heavy atom. The Bertz CT molecular complexity index is 524. The minimum Gasteiger partial charge on any atom is -0.480 e. The quantitative estimate of drug-likeness (QED) is 0.809. The van der Waals surface area contributed by atoms with E-state index in [2.05, 4.69) is 15.1 Å². The molecule has 7 nitrogen and oxygen atoms in total. The third-order valence-electron chi connectivity index (χ3n) is 2.35. The maximum Gasteiger partial charge on any atom is 0.326 e. The van der Waals surface area contributed by atoms with Crippen molar-refractivity contribution in [2.24, 2.45) is 0 Å². The summed E-state index contributed by atoms with van der Waals surface area (Å²) in [5, 5.41) is 13.1. The van der Waals surface area contributed by atoms with Crippen molar-refractivity contribution in [3.05, 3.63) is 12.4 Å². The Kier molecular flexibility index (Phi) is 2.43. The topological polar surface area (TPSA) is 92.3 Å². The third kappa shape index (κ3) is 1.67. The molecular weight excluding hydrogens is 212 g/mol. The molecule has 1 unspecified atom stereocenters. The smallest absolute Gasteiger partial charge is 0.326 e. The van der Waals surface area contributed by atoms with Crippen molar-refractivity contribution in [3.8, 4) is 0 Å². The lowest BCUT2D eigenvalue weighted by molar-refractivity contribution is -0.138. The summed E-state index contributed by atoms with van der Waals surface area (Å²) in [6.45, 7) is 1.55. The number of hydrogen-bond acceptors (Lipinski definition) is 6. The molecule has 16 heavy (non-hydrogen) atoms. The van der Waals surface area contributed by atoms with Crippen LogP contribution in [0.5, 0.6) is 0 Å². The summed E-state index contributed by atoms with van der Waals surface area (Å²) >= 11 is 0. The largest absolute Gasteiger partial charge is 0.480 e. The van der Waals surface area contributed by atoms with Crippen molar-refractivity contribution in [2.45, 2.75) is 13.0 Å². The first kappa shape index (κ1) is 10.3. The summed E-state index contributed by atoms with van der Waals surface area (Å²) in [7, 11) is 1.61. The van der Waals surface area contributed by atoms with Crippen molar-refractivity contribution in [2.75, 3.05) is 11.9 Å². The number of carbonyl (C=O) groups is 1. The number of carboxylic acids is 1. The Morgan fingerprint density at radius 1 is 1.56 bits per heavy atom. The summed E-state index contributed by atoms with van der Waals surface area (Å²) in [5.74, 6) is -0.650. The van der Waals surface area contributed by atoms with E-state index in [9.17, 15) is 4.79 Å². The number of fused-ring (bicyclic) bond motifs is 1. The fourth-order valence-corrected chi connectivity index (χ4v) is 1.17. The van der Waals surface area contributed by atoms with Crippen LogP contribution in [0.1, 0.15) is 6.92 Å². The van der Waals surface area contributed by atoms with Gasteiger partial charge in [0, 0.05) is 13.2 Å². The van der Waals surface area contributed by atoms with E-state index in [1.165, 1.54) is 11.1 Å². The highest BCUT2D eigenvalue weighted by Gasteiger charge is 2.19. The predicted octanol–water partition coefficient (Wildman–Crippen LogP) is 0.527. The van der Waals surface area contributed by atoms with Crippen molar-refractivity contribution in [1.29, 1.82) is 0 Å². The van der Waals surface area contributed by atoms with Gasteiger partial charge >= 0.3 is 5.97 Å². The number of aromatic nitrogens is 3. The Morgan fingerprint density at radius 2 is 2.31 bits per heavy atom. The van der Waals surface area contributed by atoms with Crippen LogP contribution in [0.2, 0.25) is 0 Å². The van der Waals surface area contributed by atoms with Gasteiger partial charge in [-0.05, 0) is 6.92 Å². The summed E-state index contributed by atoms with van der Waals surface area (Å²) in [4.78, 5) is 20.3. The molecule has 1 N–H and O–H groups in total. The van der Waals surface area contributed by atoms with E-state index in [-0.39, 0.29) is 0 Å². The number of likely N-dealkylation sites (N-methyl/N-ethyl adjacent to an activating group) is 1. The molecule has 7 heteroatoms. The molecular formula is C9H10N4O3. The average Bonchev–Trinajstić information content (AvgIpc) is 2.73. The molecule has 0 bridgehead atoms. The summed E-state index contributed by atoms with van der Waals surface area (Å²) < 4.78 is 4.87. The Hall–Kier alpha value is -2.18. The summed E-state index contributed by atoms with van der Waals surface area (Å²) in [6, 6.07) is -0.708. The van der Waals surface area contributed by atoms with Gasteiger partial charge in [0.2, 0.25) is 5.95 Å². The first-order valence-corrected chi connectivity index (χ1v) is 4.62. The molecule has 0 saturated carbocycles. The second-order valence-electron chi connectivity index (χ2n) is 3.38. The molecule has 0 aliphatic rings. The highest BCUT2D eigenvalue weighted by atomic mass is 16.5. The highest BCUT2D eigenvalue weighted by molar-refractivity contribution is 5.77. The number of hydrogen-bond donors (Lipinski definition) is 1. The normalized spacial score (nSPS) is 12.6. The number of nitrogens with zero attached hydrogens (tertiary/aromatic N) is 4. The maximum atomic E-state index is 10.8. The lowest BCUT2D eigenvalue weighted by Gasteiger charge is -2.20. The molecule has 2 rings (SSSR count). The van der Waals surface area contributed by atoms with Gasteiger partial charge in [-0.2, -0.15) is 4.98 Å². The number of aliphatic carboxylic acids is 1. The van der Waals surface area contributed by atoms with Crippen LogP contribution in [0.15, 0.2) is 16.9 Å². The van der Waals surface area contributed by atoms with Gasteiger partial charge in [0.1, 0.15) is 6.04 Å². The van der Waals surface area contributed by atoms with Gasteiger partial charge in [-0.1, -0.05) is 5.16 Å². The molecule has 0 amide bonds. The lowest BCUT2D eigenvalue weighted by atomic mass is 10.3. The van der Waals surface area contributed by atoms with Gasteiger partial charge in [-0.25, -0.2) is 9.78 Å². The maximum absolute atomic E-state index is 10.8. The van der Waals surface area contributed by atoms with E-state index in [1.54, 1.807) is 20.2 Å². The van der Waals surface area contributed by atoms with Crippen LogP contribution < -0.4 is 4.90 Å². The van der Waals surface area contributed by atoms with Crippen LogP contribution in [0, 0.1) is 0 Å². The summed E-state index contributed by atoms with van der Waals surface area (Å²) in [5.41, 5.74) is 0.342. The molecule has 1 atom stereocenters. The predicted molar refractivity (Wildman–Crippen MR) is 55.1 cm³/mol. The minimum absolute atomic E-state index is 0.291. The van der Waals surface area contributed by atoms with Crippen LogP contribution in [0.25, 0.3) is 11.1 Å². The molecule has 84 valence electrons. The van der Waals surface area contributed by atoms with Gasteiger partial charge in [0.05, 0.1) is 11.6 Å². The fourth-order valence-electron chi connectivity index (χ4n) is 1.17. The summed E-state index contributed by atoms with van der Waals surface area (Å²) in [6.07, 6.45) is 3.04. The van der Waals surface area contributed by atoms with E-state index in [0.717, 1.165) is 0 Å². The number of rotatable bonds is 3. The fraction of sp³-hybridized carbons (Fsp3) is 0.333. The number of carboxylic acid groups (broad SMARTS) is 1. The average molecular weight is 222 g/mol. The van der Waals surface area contributed by atoms with Crippen LogP contribution in [0.4, 0.5) is 5.95 Å². The van der Waals surface area contributed by atoms with E-state index >= 15 is 0 Å². The molecule has 0 aliphatic carbocycles. The second kappa shape index (κ2) is 3.76. The van der Waals surface area contributed by atoms with Gasteiger partial charge in [-0.3, -0.25) is 0 Å².